The molecule has 1 aromatic rings. The summed E-state index contributed by atoms with van der Waals surface area (Å²) in [4.78, 5) is 10.6. The van der Waals surface area contributed by atoms with Gasteiger partial charge < -0.3 is 10.4 Å². The molecule has 0 radical (unpaired) electrons. The molecule has 1 atom stereocenters. The number of hydrogen-bond donors (Lipinski definition) is 2. The van der Waals surface area contributed by atoms with Crippen molar-refractivity contribution in [2.75, 3.05) is 18.5 Å². The summed E-state index contributed by atoms with van der Waals surface area (Å²) < 4.78 is 0.840. The van der Waals surface area contributed by atoms with Crippen LogP contribution in [0.5, 0.6) is 0 Å². The number of rotatable bonds is 7. The van der Waals surface area contributed by atoms with Gasteiger partial charge in [-0.05, 0) is 47.1 Å². The second-order valence-corrected chi connectivity index (χ2v) is 5.33. The van der Waals surface area contributed by atoms with Crippen molar-refractivity contribution in [1.82, 2.24) is 0 Å². The average Bonchev–Trinajstić information content (AvgIpc) is 2.35. The Morgan fingerprint density at radius 2 is 2.28 bits per heavy atom. The van der Waals surface area contributed by atoms with Crippen LogP contribution in [0.1, 0.15) is 19.8 Å². The predicted molar refractivity (Wildman–Crippen MR) is 79.8 cm³/mol. The van der Waals surface area contributed by atoms with Gasteiger partial charge in [-0.1, -0.05) is 13.3 Å². The molecular weight excluding hydrogens is 347 g/mol. The molecule has 18 heavy (non-hydrogen) atoms. The van der Waals surface area contributed by atoms with Crippen molar-refractivity contribution < 1.29 is 10.0 Å². The summed E-state index contributed by atoms with van der Waals surface area (Å²) in [5, 5.41) is 22.9. The van der Waals surface area contributed by atoms with E-state index in [2.05, 4.69) is 27.9 Å². The Bertz CT molecular complexity index is 412. The van der Waals surface area contributed by atoms with Gasteiger partial charge in [-0.25, -0.2) is 0 Å². The highest BCUT2D eigenvalue weighted by Crippen LogP contribution is 2.26. The second kappa shape index (κ2) is 7.52. The van der Waals surface area contributed by atoms with Crippen LogP contribution in [-0.4, -0.2) is 23.2 Å². The third kappa shape index (κ3) is 4.41. The molecule has 0 heterocycles. The van der Waals surface area contributed by atoms with E-state index in [0.717, 1.165) is 9.99 Å². The zero-order chi connectivity index (χ0) is 13.5. The van der Waals surface area contributed by atoms with Crippen LogP contribution in [0.2, 0.25) is 0 Å². The number of aliphatic hydroxyl groups excluding tert-OH is 1. The predicted octanol–water partition coefficient (Wildman–Crippen LogP) is 3.02. The van der Waals surface area contributed by atoms with Gasteiger partial charge in [0.2, 0.25) is 0 Å². The lowest BCUT2D eigenvalue weighted by Crippen LogP contribution is -2.15. The van der Waals surface area contributed by atoms with E-state index in [1.54, 1.807) is 12.1 Å². The maximum atomic E-state index is 10.9. The number of nitro groups is 1. The highest BCUT2D eigenvalue weighted by Gasteiger charge is 2.15. The van der Waals surface area contributed by atoms with Crippen LogP contribution >= 0.6 is 22.6 Å². The van der Waals surface area contributed by atoms with Crippen molar-refractivity contribution in [2.45, 2.75) is 19.8 Å². The fourth-order valence-corrected chi connectivity index (χ4v) is 2.17. The largest absolute Gasteiger partial charge is 0.396 e. The summed E-state index contributed by atoms with van der Waals surface area (Å²) in [6.45, 7) is 2.83. The number of aliphatic hydroxyl groups is 1. The number of nitro benzene ring substituents is 1. The van der Waals surface area contributed by atoms with Crippen LogP contribution in [0.25, 0.3) is 0 Å². The fraction of sp³-hybridized carbons (Fsp3) is 0.500. The molecular formula is C12H17IN2O3. The van der Waals surface area contributed by atoms with E-state index < -0.39 is 0 Å². The monoisotopic (exact) mass is 364 g/mol. The molecule has 2 N–H and O–H groups in total. The van der Waals surface area contributed by atoms with E-state index in [9.17, 15) is 10.1 Å². The van der Waals surface area contributed by atoms with E-state index in [0.29, 0.717) is 24.6 Å². The molecule has 1 unspecified atom stereocenters. The maximum absolute atomic E-state index is 10.9. The number of hydrogen-bond acceptors (Lipinski definition) is 4. The normalized spacial score (nSPS) is 12.2. The summed E-state index contributed by atoms with van der Waals surface area (Å²) in [5.41, 5.74) is 0.637. The quantitative estimate of drug-likeness (QED) is 0.443. The van der Waals surface area contributed by atoms with Crippen LogP contribution < -0.4 is 5.32 Å². The molecule has 0 aliphatic heterocycles. The number of anilines is 1. The minimum absolute atomic E-state index is 0.0979. The molecule has 0 saturated carbocycles. The van der Waals surface area contributed by atoms with E-state index in [4.69, 9.17) is 5.11 Å². The molecule has 0 amide bonds. The standard InChI is InChI=1S/C12H17IN2O3/c1-2-9(5-6-16)8-14-11-4-3-10(13)7-12(11)15(17)18/h3-4,7,9,14,16H,2,5-6,8H2,1H3. The van der Waals surface area contributed by atoms with Crippen LogP contribution in [0.15, 0.2) is 18.2 Å². The fourth-order valence-electron chi connectivity index (χ4n) is 1.69. The third-order valence-corrected chi connectivity index (χ3v) is 3.52. The summed E-state index contributed by atoms with van der Waals surface area (Å²) in [5.74, 6) is 0.328. The second-order valence-electron chi connectivity index (χ2n) is 4.09. The summed E-state index contributed by atoms with van der Waals surface area (Å²) >= 11 is 2.05. The molecule has 0 aromatic heterocycles. The van der Waals surface area contributed by atoms with Crippen molar-refractivity contribution in [2.24, 2.45) is 5.92 Å². The Morgan fingerprint density at radius 3 is 2.83 bits per heavy atom. The first-order valence-electron chi connectivity index (χ1n) is 5.87. The van der Waals surface area contributed by atoms with Gasteiger partial charge in [0.1, 0.15) is 5.69 Å². The lowest BCUT2D eigenvalue weighted by Gasteiger charge is -2.15. The highest BCUT2D eigenvalue weighted by atomic mass is 127. The SMILES string of the molecule is CCC(CCO)CNc1ccc(I)cc1[N+](=O)[O-]. The first kappa shape index (κ1) is 15.2. The van der Waals surface area contributed by atoms with E-state index in [-0.39, 0.29) is 17.2 Å². The number of halogens is 1. The van der Waals surface area contributed by atoms with Gasteiger partial charge in [-0.3, -0.25) is 10.1 Å². The minimum atomic E-state index is -0.377. The number of benzene rings is 1. The molecule has 100 valence electrons. The van der Waals surface area contributed by atoms with Crippen LogP contribution in [0, 0.1) is 19.6 Å². The first-order chi connectivity index (χ1) is 8.58. The Hall–Kier alpha value is -0.890. The van der Waals surface area contributed by atoms with Gasteiger partial charge in [-0.2, -0.15) is 0 Å². The molecule has 1 rings (SSSR count). The molecule has 0 spiro atoms. The van der Waals surface area contributed by atoms with Gasteiger partial charge in [0, 0.05) is 22.8 Å². The van der Waals surface area contributed by atoms with Crippen molar-refractivity contribution in [3.8, 4) is 0 Å². The first-order valence-corrected chi connectivity index (χ1v) is 6.95. The minimum Gasteiger partial charge on any atom is -0.396 e. The molecule has 5 nitrogen and oxygen atoms in total. The lowest BCUT2D eigenvalue weighted by atomic mass is 10.0. The Balaban J connectivity index is 2.74. The third-order valence-electron chi connectivity index (χ3n) is 2.85. The molecule has 0 aliphatic rings. The van der Waals surface area contributed by atoms with Gasteiger partial charge in [0.05, 0.1) is 4.92 Å². The Morgan fingerprint density at radius 1 is 1.56 bits per heavy atom. The van der Waals surface area contributed by atoms with Gasteiger partial charge in [0.25, 0.3) is 5.69 Å². The summed E-state index contributed by atoms with van der Waals surface area (Å²) in [7, 11) is 0. The smallest absolute Gasteiger partial charge is 0.293 e. The van der Waals surface area contributed by atoms with Gasteiger partial charge >= 0.3 is 0 Å². The zero-order valence-corrected chi connectivity index (χ0v) is 12.4. The van der Waals surface area contributed by atoms with Crippen LogP contribution in [-0.2, 0) is 0 Å². The molecule has 0 fully saturated rings. The van der Waals surface area contributed by atoms with E-state index in [1.165, 1.54) is 0 Å². The Kier molecular flexibility index (Phi) is 6.34. The van der Waals surface area contributed by atoms with E-state index >= 15 is 0 Å². The summed E-state index contributed by atoms with van der Waals surface area (Å²) in [6.07, 6.45) is 1.65. The molecule has 1 aromatic carbocycles. The number of nitrogens with zero attached hydrogens (tertiary/aromatic N) is 1. The van der Waals surface area contributed by atoms with Crippen molar-refractivity contribution in [1.29, 1.82) is 0 Å². The lowest BCUT2D eigenvalue weighted by molar-refractivity contribution is -0.384. The van der Waals surface area contributed by atoms with Crippen LogP contribution in [0.4, 0.5) is 11.4 Å². The van der Waals surface area contributed by atoms with Crippen molar-refractivity contribution in [3.63, 3.8) is 0 Å². The Labute approximate surface area is 120 Å². The van der Waals surface area contributed by atoms with E-state index in [1.807, 2.05) is 13.0 Å². The topological polar surface area (TPSA) is 75.4 Å². The summed E-state index contributed by atoms with van der Waals surface area (Å²) in [6, 6.07) is 5.12. The molecule has 6 heteroatoms. The van der Waals surface area contributed by atoms with Gasteiger partial charge in [0.15, 0.2) is 0 Å². The maximum Gasteiger partial charge on any atom is 0.293 e. The highest BCUT2D eigenvalue weighted by molar-refractivity contribution is 14.1. The average molecular weight is 364 g/mol. The molecule has 0 aliphatic carbocycles. The van der Waals surface area contributed by atoms with Gasteiger partial charge in [-0.15, -0.1) is 0 Å². The van der Waals surface area contributed by atoms with Crippen molar-refractivity contribution in [3.05, 3.63) is 31.9 Å². The van der Waals surface area contributed by atoms with Crippen molar-refractivity contribution >= 4 is 34.0 Å². The zero-order valence-electron chi connectivity index (χ0n) is 10.2. The number of nitrogens with one attached hydrogen (secondary N) is 1. The van der Waals surface area contributed by atoms with Crippen LogP contribution in [0.3, 0.4) is 0 Å². The molecule has 0 bridgehead atoms. The molecule has 0 saturated heterocycles.